The van der Waals surface area contributed by atoms with E-state index in [0.717, 1.165) is 11.4 Å². The molecule has 0 aromatic heterocycles. The van der Waals surface area contributed by atoms with Gasteiger partial charge in [-0.05, 0) is 50.2 Å². The lowest BCUT2D eigenvalue weighted by Gasteiger charge is -2.21. The second-order valence-electron chi connectivity index (χ2n) is 5.03. The zero-order valence-electron chi connectivity index (χ0n) is 12.9. The third kappa shape index (κ3) is 4.60. The molecule has 4 heteroatoms. The molecule has 2 rings (SSSR count). The minimum absolute atomic E-state index is 0.0636. The van der Waals surface area contributed by atoms with E-state index >= 15 is 0 Å². The highest BCUT2D eigenvalue weighted by Crippen LogP contribution is 2.21. The summed E-state index contributed by atoms with van der Waals surface area (Å²) in [6.45, 7) is 4.56. The first-order chi connectivity index (χ1) is 10.6. The van der Waals surface area contributed by atoms with Crippen LogP contribution in [0.3, 0.4) is 0 Å². The molecule has 2 nitrogen and oxygen atoms in total. The summed E-state index contributed by atoms with van der Waals surface area (Å²) >= 11 is 1.68. The molecule has 0 radical (unpaired) electrons. The summed E-state index contributed by atoms with van der Waals surface area (Å²) in [5.41, 5.74) is 1.98. The zero-order chi connectivity index (χ0) is 15.9. The number of amides is 1. The Balaban J connectivity index is 1.89. The van der Waals surface area contributed by atoms with Gasteiger partial charge in [0.05, 0.1) is 0 Å². The van der Waals surface area contributed by atoms with Gasteiger partial charge >= 0.3 is 0 Å². The van der Waals surface area contributed by atoms with Crippen LogP contribution in [0.1, 0.15) is 18.9 Å². The van der Waals surface area contributed by atoms with Gasteiger partial charge < -0.3 is 4.90 Å². The molecule has 0 bridgehead atoms. The molecular weight excluding hydrogens is 297 g/mol. The van der Waals surface area contributed by atoms with E-state index in [1.807, 2.05) is 6.92 Å². The Morgan fingerprint density at radius 3 is 2.32 bits per heavy atom. The molecule has 0 aliphatic carbocycles. The molecule has 0 N–H and O–H groups in total. The fraction of sp³-hybridized carbons (Fsp3) is 0.278. The van der Waals surface area contributed by atoms with Crippen LogP contribution in [-0.2, 0) is 4.79 Å². The lowest BCUT2D eigenvalue weighted by Crippen LogP contribution is -2.30. The first kappa shape index (κ1) is 16.6. The van der Waals surface area contributed by atoms with Gasteiger partial charge in [0.2, 0.25) is 5.91 Å². The van der Waals surface area contributed by atoms with Crippen molar-refractivity contribution < 1.29 is 9.18 Å². The minimum atomic E-state index is -0.290. The maximum absolute atomic E-state index is 13.0. The number of anilines is 1. The highest BCUT2D eigenvalue weighted by Gasteiger charge is 2.13. The van der Waals surface area contributed by atoms with Crippen molar-refractivity contribution in [1.82, 2.24) is 0 Å². The Bertz CT molecular complexity index is 610. The third-order valence-electron chi connectivity index (χ3n) is 3.36. The van der Waals surface area contributed by atoms with Crippen molar-refractivity contribution in [3.8, 4) is 0 Å². The Labute approximate surface area is 135 Å². The number of hydrogen-bond acceptors (Lipinski definition) is 2. The molecule has 0 heterocycles. The van der Waals surface area contributed by atoms with Gasteiger partial charge in [0.15, 0.2) is 0 Å². The number of rotatable bonds is 6. The van der Waals surface area contributed by atoms with Crippen LogP contribution in [0.25, 0.3) is 0 Å². The van der Waals surface area contributed by atoms with Crippen LogP contribution < -0.4 is 4.90 Å². The smallest absolute Gasteiger partial charge is 0.227 e. The van der Waals surface area contributed by atoms with Crippen molar-refractivity contribution >= 4 is 23.4 Å². The predicted molar refractivity (Wildman–Crippen MR) is 90.9 cm³/mol. The maximum atomic E-state index is 13.0. The molecule has 0 spiro atoms. The molecule has 0 fully saturated rings. The van der Waals surface area contributed by atoms with E-state index in [4.69, 9.17) is 0 Å². The molecule has 0 aliphatic heterocycles. The fourth-order valence-corrected chi connectivity index (χ4v) is 2.99. The number of halogens is 1. The lowest BCUT2D eigenvalue weighted by molar-refractivity contribution is -0.118. The summed E-state index contributed by atoms with van der Waals surface area (Å²) in [6, 6.07) is 14.3. The van der Waals surface area contributed by atoms with Crippen molar-refractivity contribution in [3.63, 3.8) is 0 Å². The summed E-state index contributed by atoms with van der Waals surface area (Å²) in [5.74, 6) is 0.510. The van der Waals surface area contributed by atoms with Gasteiger partial charge in [0.1, 0.15) is 5.82 Å². The van der Waals surface area contributed by atoms with E-state index in [-0.39, 0.29) is 11.7 Å². The predicted octanol–water partition coefficient (Wildman–Crippen LogP) is 4.67. The van der Waals surface area contributed by atoms with E-state index < -0.39 is 0 Å². The average Bonchev–Trinajstić information content (AvgIpc) is 2.52. The lowest BCUT2D eigenvalue weighted by atomic mass is 10.2. The zero-order valence-corrected chi connectivity index (χ0v) is 13.7. The molecule has 0 saturated carbocycles. The van der Waals surface area contributed by atoms with E-state index in [0.29, 0.717) is 13.0 Å². The fourth-order valence-electron chi connectivity index (χ4n) is 2.15. The molecule has 2 aromatic rings. The molecule has 0 atom stereocenters. The molecule has 2 aromatic carbocycles. The van der Waals surface area contributed by atoms with E-state index in [1.165, 1.54) is 22.6 Å². The largest absolute Gasteiger partial charge is 0.313 e. The van der Waals surface area contributed by atoms with Crippen molar-refractivity contribution in [2.75, 3.05) is 17.2 Å². The van der Waals surface area contributed by atoms with Gasteiger partial charge in [0.25, 0.3) is 0 Å². The molecule has 1 amide bonds. The normalized spacial score (nSPS) is 10.5. The van der Waals surface area contributed by atoms with Crippen LogP contribution >= 0.6 is 11.8 Å². The van der Waals surface area contributed by atoms with Crippen LogP contribution in [-0.4, -0.2) is 18.2 Å². The highest BCUT2D eigenvalue weighted by atomic mass is 32.2. The Morgan fingerprint density at radius 1 is 1.09 bits per heavy atom. The Kier molecular flexibility index (Phi) is 6.01. The van der Waals surface area contributed by atoms with E-state index in [1.54, 1.807) is 28.8 Å². The quantitative estimate of drug-likeness (QED) is 0.722. The first-order valence-electron chi connectivity index (χ1n) is 7.35. The molecule has 116 valence electrons. The van der Waals surface area contributed by atoms with E-state index in [2.05, 4.69) is 31.2 Å². The topological polar surface area (TPSA) is 20.3 Å². The van der Waals surface area contributed by atoms with Crippen molar-refractivity contribution in [2.24, 2.45) is 0 Å². The monoisotopic (exact) mass is 317 g/mol. The number of aryl methyl sites for hydroxylation is 1. The van der Waals surface area contributed by atoms with Crippen LogP contribution in [0, 0.1) is 12.7 Å². The van der Waals surface area contributed by atoms with Crippen molar-refractivity contribution in [3.05, 3.63) is 59.9 Å². The minimum Gasteiger partial charge on any atom is -0.313 e. The molecule has 0 saturated heterocycles. The summed E-state index contributed by atoms with van der Waals surface area (Å²) in [4.78, 5) is 15.2. The molecular formula is C18H20FNOS. The number of nitrogens with zero attached hydrogens (tertiary/aromatic N) is 1. The third-order valence-corrected chi connectivity index (χ3v) is 4.37. The van der Waals surface area contributed by atoms with E-state index in [9.17, 15) is 9.18 Å². The number of hydrogen-bond donors (Lipinski definition) is 0. The second-order valence-corrected chi connectivity index (χ2v) is 6.19. The van der Waals surface area contributed by atoms with Gasteiger partial charge in [0, 0.05) is 29.3 Å². The SMILES string of the molecule is CCN(C(=O)CCSc1ccc(C)cc1)c1ccc(F)cc1. The van der Waals surface area contributed by atoms with Crippen LogP contribution in [0.15, 0.2) is 53.4 Å². The number of benzene rings is 2. The van der Waals surface area contributed by atoms with Gasteiger partial charge in [-0.25, -0.2) is 4.39 Å². The highest BCUT2D eigenvalue weighted by molar-refractivity contribution is 7.99. The summed E-state index contributed by atoms with van der Waals surface area (Å²) in [6.07, 6.45) is 0.462. The maximum Gasteiger partial charge on any atom is 0.227 e. The number of carbonyl (C=O) groups excluding carboxylic acids is 1. The van der Waals surface area contributed by atoms with Crippen LogP contribution in [0.4, 0.5) is 10.1 Å². The van der Waals surface area contributed by atoms with Crippen molar-refractivity contribution in [2.45, 2.75) is 25.2 Å². The summed E-state index contributed by atoms with van der Waals surface area (Å²) in [7, 11) is 0. The summed E-state index contributed by atoms with van der Waals surface area (Å²) < 4.78 is 13.0. The number of thioether (sulfide) groups is 1. The van der Waals surface area contributed by atoms with Gasteiger partial charge in [-0.3, -0.25) is 4.79 Å². The van der Waals surface area contributed by atoms with Gasteiger partial charge in [-0.15, -0.1) is 11.8 Å². The number of carbonyl (C=O) groups is 1. The second kappa shape index (κ2) is 7.99. The summed E-state index contributed by atoms with van der Waals surface area (Å²) in [5, 5.41) is 0. The van der Waals surface area contributed by atoms with Crippen LogP contribution in [0.5, 0.6) is 0 Å². The standard InChI is InChI=1S/C18H20FNOS/c1-3-20(16-8-6-15(19)7-9-16)18(21)12-13-22-17-10-4-14(2)5-11-17/h4-11H,3,12-13H2,1-2H3. The first-order valence-corrected chi connectivity index (χ1v) is 8.34. The molecule has 22 heavy (non-hydrogen) atoms. The average molecular weight is 317 g/mol. The van der Waals surface area contributed by atoms with Crippen LogP contribution in [0.2, 0.25) is 0 Å². The Hall–Kier alpha value is -1.81. The Morgan fingerprint density at radius 2 is 1.73 bits per heavy atom. The van der Waals surface area contributed by atoms with Gasteiger partial charge in [-0.2, -0.15) is 0 Å². The molecule has 0 aliphatic rings. The van der Waals surface area contributed by atoms with Gasteiger partial charge in [-0.1, -0.05) is 17.7 Å². The van der Waals surface area contributed by atoms with Crippen molar-refractivity contribution in [1.29, 1.82) is 0 Å². The molecule has 0 unspecified atom stereocenters.